The Morgan fingerprint density at radius 3 is 2.67 bits per heavy atom. The molecule has 1 aliphatic rings. The summed E-state index contributed by atoms with van der Waals surface area (Å²) in [6, 6.07) is 0. The minimum atomic E-state index is -4.41. The molecule has 1 atom stereocenters. The van der Waals surface area contributed by atoms with Gasteiger partial charge in [0.05, 0.1) is 6.54 Å². The lowest BCUT2D eigenvalue weighted by Crippen LogP contribution is -2.34. The first-order chi connectivity index (χ1) is 11.4. The molecular weight excluding hydrogens is 323 g/mol. The van der Waals surface area contributed by atoms with Crippen molar-refractivity contribution in [3.8, 4) is 0 Å². The van der Waals surface area contributed by atoms with Crippen molar-refractivity contribution in [3.05, 3.63) is 29.5 Å². The van der Waals surface area contributed by atoms with Crippen molar-refractivity contribution in [2.45, 2.75) is 44.8 Å². The SMILES string of the molecule is CCc1nnc(CN2CCC[C@H](c3nc(C(F)(F)F)cn3C)C2)o1. The predicted octanol–water partition coefficient (Wildman–Crippen LogP) is 2.76. The monoisotopic (exact) mass is 343 g/mol. The molecule has 0 amide bonds. The van der Waals surface area contributed by atoms with Gasteiger partial charge in [0.1, 0.15) is 5.82 Å². The molecular formula is C15H20F3N5O. The molecule has 1 saturated heterocycles. The molecule has 0 radical (unpaired) electrons. The van der Waals surface area contributed by atoms with Crippen molar-refractivity contribution in [1.82, 2.24) is 24.6 Å². The zero-order chi connectivity index (χ0) is 17.3. The number of piperidine rings is 1. The Kier molecular flexibility index (Phi) is 4.62. The predicted molar refractivity (Wildman–Crippen MR) is 79.1 cm³/mol. The fourth-order valence-electron chi connectivity index (χ4n) is 3.09. The third kappa shape index (κ3) is 3.61. The van der Waals surface area contributed by atoms with Crippen LogP contribution in [0.3, 0.4) is 0 Å². The van der Waals surface area contributed by atoms with E-state index in [9.17, 15) is 13.2 Å². The van der Waals surface area contributed by atoms with E-state index in [0.29, 0.717) is 37.1 Å². The largest absolute Gasteiger partial charge is 0.434 e. The third-order valence-corrected chi connectivity index (χ3v) is 4.24. The molecule has 0 aromatic carbocycles. The minimum Gasteiger partial charge on any atom is -0.424 e. The third-order valence-electron chi connectivity index (χ3n) is 4.24. The van der Waals surface area contributed by atoms with Gasteiger partial charge in [-0.05, 0) is 19.4 Å². The van der Waals surface area contributed by atoms with Crippen molar-refractivity contribution in [1.29, 1.82) is 0 Å². The topological polar surface area (TPSA) is 60.0 Å². The van der Waals surface area contributed by atoms with Crippen LogP contribution in [0.2, 0.25) is 0 Å². The van der Waals surface area contributed by atoms with Crippen LogP contribution in [0.15, 0.2) is 10.6 Å². The van der Waals surface area contributed by atoms with Crippen molar-refractivity contribution in [2.75, 3.05) is 13.1 Å². The zero-order valence-corrected chi connectivity index (χ0v) is 13.7. The lowest BCUT2D eigenvalue weighted by atomic mass is 9.97. The van der Waals surface area contributed by atoms with Crippen LogP contribution in [0.5, 0.6) is 0 Å². The minimum absolute atomic E-state index is 0.0339. The maximum atomic E-state index is 12.8. The van der Waals surface area contributed by atoms with Crippen LogP contribution >= 0.6 is 0 Å². The summed E-state index contributed by atoms with van der Waals surface area (Å²) in [6.45, 7) is 3.94. The number of aryl methyl sites for hydroxylation is 2. The summed E-state index contributed by atoms with van der Waals surface area (Å²) >= 11 is 0. The lowest BCUT2D eigenvalue weighted by Gasteiger charge is -2.31. The standard InChI is InChI=1S/C15H20F3N5O/c1-3-12-20-21-13(24-12)9-23-6-4-5-10(7-23)14-19-11(8-22(14)2)15(16,17)18/h8,10H,3-7,9H2,1-2H3/t10-/m0/s1. The summed E-state index contributed by atoms with van der Waals surface area (Å²) in [5.74, 6) is 1.58. The van der Waals surface area contributed by atoms with Crippen LogP contribution in [-0.4, -0.2) is 37.7 Å². The van der Waals surface area contributed by atoms with Crippen LogP contribution < -0.4 is 0 Å². The Balaban J connectivity index is 1.70. The number of nitrogens with zero attached hydrogens (tertiary/aromatic N) is 5. The van der Waals surface area contributed by atoms with E-state index in [2.05, 4.69) is 20.1 Å². The summed E-state index contributed by atoms with van der Waals surface area (Å²) in [4.78, 5) is 5.95. The number of hydrogen-bond donors (Lipinski definition) is 0. The average Bonchev–Trinajstić information content (AvgIpc) is 3.13. The zero-order valence-electron chi connectivity index (χ0n) is 13.7. The van der Waals surface area contributed by atoms with Gasteiger partial charge in [-0.25, -0.2) is 4.98 Å². The first-order valence-electron chi connectivity index (χ1n) is 8.01. The van der Waals surface area contributed by atoms with Crippen LogP contribution in [0.25, 0.3) is 0 Å². The molecule has 0 aliphatic carbocycles. The summed E-state index contributed by atoms with van der Waals surface area (Å²) in [6.07, 6.45) is -0.954. The smallest absolute Gasteiger partial charge is 0.424 e. The molecule has 2 aromatic rings. The molecule has 0 bridgehead atoms. The second kappa shape index (κ2) is 6.54. The normalized spacial score (nSPS) is 19.8. The fourth-order valence-corrected chi connectivity index (χ4v) is 3.09. The van der Waals surface area contributed by atoms with E-state index in [-0.39, 0.29) is 5.92 Å². The molecule has 2 aromatic heterocycles. The van der Waals surface area contributed by atoms with E-state index in [1.807, 2.05) is 6.92 Å². The Morgan fingerprint density at radius 2 is 2.04 bits per heavy atom. The molecule has 1 aliphatic heterocycles. The Labute approximate surface area is 137 Å². The molecule has 24 heavy (non-hydrogen) atoms. The lowest BCUT2D eigenvalue weighted by molar-refractivity contribution is -0.141. The van der Waals surface area contributed by atoms with Gasteiger partial charge in [-0.3, -0.25) is 4.90 Å². The number of likely N-dealkylation sites (tertiary alicyclic amines) is 1. The first-order valence-corrected chi connectivity index (χ1v) is 8.01. The van der Waals surface area contributed by atoms with Crippen LogP contribution in [0.4, 0.5) is 13.2 Å². The highest BCUT2D eigenvalue weighted by Gasteiger charge is 2.36. The number of halogens is 3. The Morgan fingerprint density at radius 1 is 1.29 bits per heavy atom. The average molecular weight is 343 g/mol. The van der Waals surface area contributed by atoms with Gasteiger partial charge >= 0.3 is 6.18 Å². The van der Waals surface area contributed by atoms with Crippen molar-refractivity contribution >= 4 is 0 Å². The fraction of sp³-hybridized carbons (Fsp3) is 0.667. The Hall–Kier alpha value is -1.90. The number of hydrogen-bond acceptors (Lipinski definition) is 5. The number of imidazole rings is 1. The highest BCUT2D eigenvalue weighted by molar-refractivity contribution is 5.12. The van der Waals surface area contributed by atoms with Gasteiger partial charge < -0.3 is 8.98 Å². The van der Waals surface area contributed by atoms with Gasteiger partial charge in [0.2, 0.25) is 11.8 Å². The van der Waals surface area contributed by atoms with E-state index < -0.39 is 11.9 Å². The molecule has 6 nitrogen and oxygen atoms in total. The summed E-state index contributed by atoms with van der Waals surface area (Å²) in [5.41, 5.74) is -0.832. The maximum Gasteiger partial charge on any atom is 0.434 e. The van der Waals surface area contributed by atoms with Crippen molar-refractivity contribution in [2.24, 2.45) is 7.05 Å². The van der Waals surface area contributed by atoms with E-state index in [1.165, 1.54) is 4.57 Å². The van der Waals surface area contributed by atoms with Crippen molar-refractivity contribution < 1.29 is 17.6 Å². The summed E-state index contributed by atoms with van der Waals surface area (Å²) in [5, 5.41) is 7.94. The van der Waals surface area contributed by atoms with Gasteiger partial charge in [0.15, 0.2) is 5.69 Å². The molecule has 1 fully saturated rings. The van der Waals surface area contributed by atoms with Gasteiger partial charge in [-0.1, -0.05) is 6.92 Å². The highest BCUT2D eigenvalue weighted by Crippen LogP contribution is 2.32. The summed E-state index contributed by atoms with van der Waals surface area (Å²) < 4.78 is 45.5. The van der Waals surface area contributed by atoms with Gasteiger partial charge in [-0.2, -0.15) is 13.2 Å². The van der Waals surface area contributed by atoms with Gasteiger partial charge in [0.25, 0.3) is 0 Å². The van der Waals surface area contributed by atoms with E-state index in [0.717, 1.165) is 25.6 Å². The molecule has 3 heterocycles. The molecule has 132 valence electrons. The first kappa shape index (κ1) is 16.9. The molecule has 9 heteroatoms. The van der Waals surface area contributed by atoms with Crippen LogP contribution in [0.1, 0.15) is 49.0 Å². The molecule has 0 spiro atoms. The molecule has 0 saturated carbocycles. The van der Waals surface area contributed by atoms with Gasteiger partial charge in [-0.15, -0.1) is 10.2 Å². The molecule has 3 rings (SSSR count). The van der Waals surface area contributed by atoms with Crippen molar-refractivity contribution in [3.63, 3.8) is 0 Å². The van der Waals surface area contributed by atoms with Gasteiger partial charge in [0, 0.05) is 32.1 Å². The number of aromatic nitrogens is 4. The second-order valence-electron chi connectivity index (χ2n) is 6.11. The maximum absolute atomic E-state index is 12.8. The van der Waals surface area contributed by atoms with Crippen LogP contribution in [-0.2, 0) is 26.2 Å². The van der Waals surface area contributed by atoms with E-state index in [1.54, 1.807) is 7.05 Å². The van der Waals surface area contributed by atoms with E-state index in [4.69, 9.17) is 4.42 Å². The quantitative estimate of drug-likeness (QED) is 0.854. The molecule has 0 N–H and O–H groups in total. The summed E-state index contributed by atoms with van der Waals surface area (Å²) in [7, 11) is 1.61. The second-order valence-corrected chi connectivity index (χ2v) is 6.11. The highest BCUT2D eigenvalue weighted by atomic mass is 19.4. The number of alkyl halides is 3. The number of rotatable bonds is 4. The van der Waals surface area contributed by atoms with E-state index >= 15 is 0 Å². The Bertz CT molecular complexity index is 694. The van der Waals surface area contributed by atoms with Crippen LogP contribution in [0, 0.1) is 0 Å². The molecule has 0 unspecified atom stereocenters.